The van der Waals surface area contributed by atoms with Crippen LogP contribution in [0.3, 0.4) is 0 Å². The first-order valence-electron chi connectivity index (χ1n) is 48.7. The number of rotatable bonds is 16. The molecule has 10 aromatic heterocycles. The number of hydrogen-bond acceptors (Lipinski definition) is 13. The summed E-state index contributed by atoms with van der Waals surface area (Å²) in [6.45, 7) is 0. The Balaban J connectivity index is 0.000000114. The molecule has 682 valence electrons. The summed E-state index contributed by atoms with van der Waals surface area (Å²) in [5.41, 5.74) is 33.6. The van der Waals surface area contributed by atoms with E-state index in [4.69, 9.17) is 49.8 Å². The van der Waals surface area contributed by atoms with Crippen LogP contribution in [0.25, 0.3) is 267 Å². The van der Waals surface area contributed by atoms with Crippen molar-refractivity contribution in [3.05, 3.63) is 516 Å². The summed E-state index contributed by atoms with van der Waals surface area (Å²) in [4.78, 5) is 63.8. The van der Waals surface area contributed by atoms with E-state index in [1.54, 1.807) is 0 Å². The largest absolute Gasteiger partial charge is 0.265 e. The maximum absolute atomic E-state index is 5.31. The molecule has 0 aliphatic heterocycles. The molecule has 0 unspecified atom stereocenters. The van der Waals surface area contributed by atoms with Crippen molar-refractivity contribution in [1.82, 2.24) is 64.8 Å². The van der Waals surface area contributed by atoms with Crippen molar-refractivity contribution in [3.8, 4) is 180 Å². The quantitative estimate of drug-likeness (QED) is 0.0839. The number of nitrogens with zero attached hydrogens (tertiary/aromatic N) is 13. The Kier molecular flexibility index (Phi) is 23.4. The summed E-state index contributed by atoms with van der Waals surface area (Å²) in [5.74, 6) is 2.63. The van der Waals surface area contributed by atoms with E-state index in [-0.39, 0.29) is 0 Å². The monoisotopic (exact) mass is 1860 g/mol. The van der Waals surface area contributed by atoms with Gasteiger partial charge < -0.3 is 0 Å². The summed E-state index contributed by atoms with van der Waals surface area (Å²) in [6.07, 6.45) is 11.1. The van der Waals surface area contributed by atoms with Gasteiger partial charge in [0.05, 0.1) is 67.4 Å². The van der Waals surface area contributed by atoms with Crippen LogP contribution in [0.15, 0.2) is 516 Å². The fourth-order valence-electron chi connectivity index (χ4n) is 19.8. The Morgan fingerprint density at radius 2 is 0.425 bits per heavy atom. The van der Waals surface area contributed by atoms with Gasteiger partial charge in [-0.15, -0.1) is 0 Å². The lowest BCUT2D eigenvalue weighted by Gasteiger charge is -2.15. The van der Waals surface area contributed by atoms with Crippen LogP contribution in [-0.4, -0.2) is 64.8 Å². The maximum Gasteiger partial charge on any atom is 0.164 e. The summed E-state index contributed by atoms with van der Waals surface area (Å²) < 4.78 is 0. The third-order valence-corrected chi connectivity index (χ3v) is 27.0. The Labute approximate surface area is 842 Å². The highest BCUT2D eigenvalue weighted by atomic mass is 15.0. The van der Waals surface area contributed by atoms with E-state index in [1.807, 2.05) is 177 Å². The van der Waals surface area contributed by atoms with Gasteiger partial charge >= 0.3 is 0 Å². The van der Waals surface area contributed by atoms with Gasteiger partial charge in [-0.25, -0.2) is 49.8 Å². The van der Waals surface area contributed by atoms with Crippen LogP contribution < -0.4 is 0 Å². The maximum atomic E-state index is 5.31. The smallest absolute Gasteiger partial charge is 0.164 e. The second-order valence-corrected chi connectivity index (χ2v) is 35.9. The minimum absolute atomic E-state index is 0.632. The molecule has 27 rings (SSSR count). The molecule has 0 aliphatic carbocycles. The van der Waals surface area contributed by atoms with Gasteiger partial charge in [-0.05, 0) is 117 Å². The van der Waals surface area contributed by atoms with E-state index < -0.39 is 0 Å². The van der Waals surface area contributed by atoms with E-state index in [0.717, 1.165) is 222 Å². The van der Waals surface area contributed by atoms with Gasteiger partial charge in [0.1, 0.15) is 0 Å². The molecule has 0 amide bonds. The third-order valence-electron chi connectivity index (χ3n) is 27.0. The summed E-state index contributed by atoms with van der Waals surface area (Å²) in [6, 6.07) is 166. The second kappa shape index (κ2) is 39.1. The first-order chi connectivity index (χ1) is 72.4. The van der Waals surface area contributed by atoms with Crippen LogP contribution in [0, 0.1) is 0 Å². The average Bonchev–Trinajstić information content (AvgIpc) is 0.749. The first-order valence-corrected chi connectivity index (χ1v) is 48.7. The second-order valence-electron chi connectivity index (χ2n) is 35.9. The molecule has 0 atom stereocenters. The standard InChI is InChI=1S/C46H30N4.C45H29N5.C42H26N4/c1-4-11-33(12-5-1)41-30-42(50-46(49-41)36-15-8-3-9-16-36)34-21-19-31(20-22-34)37-23-24-39-43(29-37)48-45(35-13-6-2-7-14-35)40-18-10-17-38(44(39)40)32-25-27-47-28-26-32;1-4-11-32(12-5-1)42-39-18-10-17-37(31-25-27-46-28-26-31)41(39)38-24-23-36(29-40(38)47-42)30-19-21-35(22-20-30)45-49-43(33-13-6-2-7-14-33)48-44(50-45)34-15-8-3-9-16-34;1-3-9-27(10-4-1)36-22-19-29-16-17-30-20-23-37(45-42(30)41(29)44-36)31-18-21-34-38(25-31)46-40(28-11-5-2-6-12-28)35-15-7-14-33(39(34)35)32-13-8-24-43-26-32/h1-30H;1-29H;1-26H. The molecular weight excluding hydrogens is 1780 g/mol. The van der Waals surface area contributed by atoms with Crippen LogP contribution in [0.5, 0.6) is 0 Å². The highest BCUT2D eigenvalue weighted by Gasteiger charge is 2.23. The summed E-state index contributed by atoms with van der Waals surface area (Å²) >= 11 is 0. The zero-order valence-electron chi connectivity index (χ0n) is 78.9. The van der Waals surface area contributed by atoms with Gasteiger partial charge in [0, 0.05) is 163 Å². The minimum atomic E-state index is 0.632. The zero-order chi connectivity index (χ0) is 97.0. The Morgan fingerprint density at radius 3 is 0.801 bits per heavy atom. The molecule has 0 saturated heterocycles. The molecule has 13 nitrogen and oxygen atoms in total. The minimum Gasteiger partial charge on any atom is -0.265 e. The van der Waals surface area contributed by atoms with Gasteiger partial charge in [-0.3, -0.25) is 15.0 Å². The number of aromatic nitrogens is 13. The van der Waals surface area contributed by atoms with Crippen LogP contribution in [0.1, 0.15) is 0 Å². The van der Waals surface area contributed by atoms with Crippen molar-refractivity contribution < 1.29 is 0 Å². The lowest BCUT2D eigenvalue weighted by atomic mass is 9.92. The number of benzene rings is 17. The molecule has 10 heterocycles. The van der Waals surface area contributed by atoms with E-state index in [1.165, 1.54) is 21.7 Å². The van der Waals surface area contributed by atoms with Crippen molar-refractivity contribution in [1.29, 1.82) is 0 Å². The van der Waals surface area contributed by atoms with Crippen LogP contribution in [0.2, 0.25) is 0 Å². The van der Waals surface area contributed by atoms with Crippen molar-refractivity contribution in [2.24, 2.45) is 0 Å². The SMILES string of the molecule is c1ccc(-c2cc(-c3ccc(-c4ccc5c(c4)nc(-c4ccccc4)c4cccc(-c6ccncc6)c45)cc3)nc(-c3ccccc3)n2)cc1.c1ccc(-c2ccc3ccc4ccc(-c5ccc6c(c5)nc(-c5ccccc5)c5cccc(-c7cccnc7)c56)nc4c3n2)cc1.c1ccc(-c2nc(-c3ccccc3)nc(-c3ccc(-c4ccc5c(c4)nc(-c4ccccc4)c4cccc(-c6ccncc6)c45)cc3)n2)cc1. The topological polar surface area (TPSA) is 168 Å². The Hall–Kier alpha value is -19.9. The molecule has 146 heavy (non-hydrogen) atoms. The van der Waals surface area contributed by atoms with Gasteiger partial charge in [-0.1, -0.05) is 413 Å². The molecule has 0 bridgehead atoms. The fourth-order valence-corrected chi connectivity index (χ4v) is 19.8. The Bertz CT molecular complexity index is 9040. The molecule has 17 aromatic carbocycles. The normalized spacial score (nSPS) is 11.3. The fraction of sp³-hybridized carbons (Fsp3) is 0. The van der Waals surface area contributed by atoms with Crippen molar-refractivity contribution in [3.63, 3.8) is 0 Å². The lowest BCUT2D eigenvalue weighted by molar-refractivity contribution is 1.07. The molecule has 0 saturated carbocycles. The molecule has 0 spiro atoms. The molecule has 13 heteroatoms. The van der Waals surface area contributed by atoms with Gasteiger partial charge in [0.2, 0.25) is 0 Å². The van der Waals surface area contributed by atoms with Crippen molar-refractivity contribution in [2.45, 2.75) is 0 Å². The predicted octanol–water partition coefficient (Wildman–Crippen LogP) is 33.1. The van der Waals surface area contributed by atoms with Gasteiger partial charge in [-0.2, -0.15) is 0 Å². The summed E-state index contributed by atoms with van der Waals surface area (Å²) in [5, 5.41) is 12.4. The number of hydrogen-bond donors (Lipinski definition) is 0. The van der Waals surface area contributed by atoms with Crippen molar-refractivity contribution in [2.75, 3.05) is 0 Å². The summed E-state index contributed by atoms with van der Waals surface area (Å²) in [7, 11) is 0. The third kappa shape index (κ3) is 17.5. The first kappa shape index (κ1) is 87.6. The van der Waals surface area contributed by atoms with E-state index in [2.05, 4.69) is 355 Å². The molecule has 0 radical (unpaired) electrons. The highest BCUT2D eigenvalue weighted by molar-refractivity contribution is 6.21. The van der Waals surface area contributed by atoms with E-state index >= 15 is 0 Å². The molecule has 0 aliphatic rings. The Morgan fingerprint density at radius 1 is 0.137 bits per heavy atom. The van der Waals surface area contributed by atoms with E-state index in [0.29, 0.717) is 23.3 Å². The predicted molar refractivity (Wildman–Crippen MR) is 598 cm³/mol. The molecule has 27 aromatic rings. The van der Waals surface area contributed by atoms with E-state index in [9.17, 15) is 0 Å². The van der Waals surface area contributed by atoms with Crippen LogP contribution in [0.4, 0.5) is 0 Å². The molecular formula is C133H85N13. The van der Waals surface area contributed by atoms with Gasteiger partial charge in [0.25, 0.3) is 0 Å². The van der Waals surface area contributed by atoms with Gasteiger partial charge in [0.15, 0.2) is 23.3 Å². The average molecular weight is 1870 g/mol. The van der Waals surface area contributed by atoms with Crippen molar-refractivity contribution >= 4 is 86.8 Å². The zero-order valence-corrected chi connectivity index (χ0v) is 78.9. The highest BCUT2D eigenvalue weighted by Crippen LogP contribution is 2.46. The molecule has 0 fully saturated rings. The number of fused-ring (bicyclic) bond motifs is 12. The number of pyridine rings is 8. The van der Waals surface area contributed by atoms with Crippen LogP contribution >= 0.6 is 0 Å². The lowest BCUT2D eigenvalue weighted by Crippen LogP contribution is -2.00. The molecule has 0 N–H and O–H groups in total. The van der Waals surface area contributed by atoms with Crippen LogP contribution in [-0.2, 0) is 0 Å².